The van der Waals surface area contributed by atoms with E-state index in [2.05, 4.69) is 42.6 Å². The Morgan fingerprint density at radius 1 is 1.18 bits per heavy atom. The number of thiophene rings is 1. The molecule has 0 spiro atoms. The number of fused-ring (bicyclic) bond motifs is 3. The van der Waals surface area contributed by atoms with Crippen molar-refractivity contribution in [3.8, 4) is 11.1 Å². The van der Waals surface area contributed by atoms with Crippen LogP contribution in [0.25, 0.3) is 32.2 Å². The largest absolute Gasteiger partial charge is 0.444 e. The van der Waals surface area contributed by atoms with E-state index < -0.39 is 11.7 Å². The summed E-state index contributed by atoms with van der Waals surface area (Å²) in [5.41, 5.74) is 5.35. The molecular formula is C26H29N3O3S. The Kier molecular flexibility index (Phi) is 6.01. The minimum atomic E-state index is -0.517. The molecule has 0 bridgehead atoms. The molecule has 3 heterocycles. The van der Waals surface area contributed by atoms with Crippen LogP contribution in [0.1, 0.15) is 50.6 Å². The number of hydrogen-bond donors (Lipinski definition) is 1. The maximum atomic E-state index is 12.0. The number of nitrogens with one attached hydrogen (secondary N) is 1. The molecule has 0 radical (unpaired) electrons. The number of carbonyl (C=O) groups is 2. The number of aryl methyl sites for hydroxylation is 2. The molecular weight excluding hydrogens is 434 g/mol. The van der Waals surface area contributed by atoms with Crippen molar-refractivity contribution in [2.45, 2.75) is 53.1 Å². The molecule has 0 saturated carbocycles. The van der Waals surface area contributed by atoms with Gasteiger partial charge in [-0.3, -0.25) is 14.3 Å². The van der Waals surface area contributed by atoms with Crippen LogP contribution < -0.4 is 5.32 Å². The number of pyridine rings is 1. The molecule has 3 aromatic heterocycles. The molecule has 33 heavy (non-hydrogen) atoms. The van der Waals surface area contributed by atoms with Crippen LogP contribution in [-0.2, 0) is 9.53 Å². The van der Waals surface area contributed by atoms with Gasteiger partial charge < -0.3 is 10.1 Å². The fraction of sp³-hybridized carbons (Fsp3) is 0.346. The smallest absolute Gasteiger partial charge is 0.407 e. The molecule has 1 N–H and O–H groups in total. The van der Waals surface area contributed by atoms with Gasteiger partial charge in [-0.05, 0) is 63.1 Å². The summed E-state index contributed by atoms with van der Waals surface area (Å²) in [5, 5.41) is 7.00. The van der Waals surface area contributed by atoms with E-state index in [4.69, 9.17) is 9.72 Å². The Balaban J connectivity index is 1.67. The van der Waals surface area contributed by atoms with Gasteiger partial charge in [0, 0.05) is 28.6 Å². The van der Waals surface area contributed by atoms with Crippen LogP contribution in [0.4, 0.5) is 4.79 Å². The highest BCUT2D eigenvalue weighted by Crippen LogP contribution is 2.40. The summed E-state index contributed by atoms with van der Waals surface area (Å²) in [6.07, 6.45) is 0.464. The van der Waals surface area contributed by atoms with Gasteiger partial charge >= 0.3 is 6.09 Å². The van der Waals surface area contributed by atoms with Crippen molar-refractivity contribution in [1.29, 1.82) is 0 Å². The molecule has 4 rings (SSSR count). The minimum absolute atomic E-state index is 0.128. The number of alkyl carbamates (subject to hydrolysis) is 1. The normalized spacial score (nSPS) is 12.8. The van der Waals surface area contributed by atoms with Gasteiger partial charge in [-0.15, -0.1) is 11.3 Å². The number of aromatic nitrogens is 2. The monoisotopic (exact) mass is 463 g/mol. The first-order chi connectivity index (χ1) is 15.6. The first-order valence-corrected chi connectivity index (χ1v) is 11.9. The third kappa shape index (κ3) is 4.37. The van der Waals surface area contributed by atoms with Crippen molar-refractivity contribution in [3.05, 3.63) is 52.7 Å². The van der Waals surface area contributed by atoms with Gasteiger partial charge in [-0.2, -0.15) is 0 Å². The summed E-state index contributed by atoms with van der Waals surface area (Å²) in [7, 11) is 0. The number of nitrogens with zero attached hydrogens (tertiary/aromatic N) is 2. The van der Waals surface area contributed by atoms with Crippen molar-refractivity contribution in [2.75, 3.05) is 6.54 Å². The molecule has 172 valence electrons. The third-order valence-corrected chi connectivity index (χ3v) is 6.64. The van der Waals surface area contributed by atoms with Gasteiger partial charge in [0.05, 0.1) is 11.2 Å². The molecule has 0 aliphatic rings. The summed E-state index contributed by atoms with van der Waals surface area (Å²) >= 11 is 1.56. The highest BCUT2D eigenvalue weighted by atomic mass is 32.1. The third-order valence-electron chi connectivity index (χ3n) is 5.73. The van der Waals surface area contributed by atoms with E-state index in [1.807, 2.05) is 40.0 Å². The summed E-state index contributed by atoms with van der Waals surface area (Å²) in [6, 6.07) is 10.4. The highest BCUT2D eigenvalue weighted by molar-refractivity contribution is 7.17. The van der Waals surface area contributed by atoms with Gasteiger partial charge in [-0.25, -0.2) is 4.79 Å². The molecule has 1 aromatic carbocycles. The topological polar surface area (TPSA) is 73.2 Å². The molecule has 7 heteroatoms. The van der Waals surface area contributed by atoms with E-state index in [0.29, 0.717) is 6.54 Å². The SMILES string of the molecule is Cc1nc(C)c2c(c1-c1ccc(C(C)CNC(=O)OC(C)(C)C)cc1)c1ccsc1n2C=O. The summed E-state index contributed by atoms with van der Waals surface area (Å²) < 4.78 is 7.03. The maximum absolute atomic E-state index is 12.0. The van der Waals surface area contributed by atoms with Gasteiger partial charge in [0.1, 0.15) is 10.4 Å². The van der Waals surface area contributed by atoms with Crippen LogP contribution >= 0.6 is 11.3 Å². The molecule has 0 aliphatic heterocycles. The lowest BCUT2D eigenvalue weighted by Crippen LogP contribution is -2.34. The predicted octanol–water partition coefficient (Wildman–Crippen LogP) is 6.20. The average molecular weight is 464 g/mol. The Labute approximate surface area is 197 Å². The molecule has 0 fully saturated rings. The van der Waals surface area contributed by atoms with Crippen LogP contribution in [0, 0.1) is 13.8 Å². The zero-order valence-corrected chi connectivity index (χ0v) is 20.7. The number of amides is 1. The molecule has 6 nitrogen and oxygen atoms in total. The minimum Gasteiger partial charge on any atom is -0.444 e. The fourth-order valence-corrected chi connectivity index (χ4v) is 5.16. The molecule has 0 aliphatic carbocycles. The van der Waals surface area contributed by atoms with Crippen LogP contribution in [0.5, 0.6) is 0 Å². The van der Waals surface area contributed by atoms with Crippen molar-refractivity contribution >= 4 is 45.0 Å². The summed E-state index contributed by atoms with van der Waals surface area (Å²) in [5.74, 6) is 0.128. The van der Waals surface area contributed by atoms with Crippen molar-refractivity contribution in [1.82, 2.24) is 14.9 Å². The summed E-state index contributed by atoms with van der Waals surface area (Å²) in [4.78, 5) is 29.6. The van der Waals surface area contributed by atoms with Crippen LogP contribution in [0.15, 0.2) is 35.7 Å². The van der Waals surface area contributed by atoms with Crippen molar-refractivity contribution in [3.63, 3.8) is 0 Å². The second kappa shape index (κ2) is 8.63. The zero-order chi connectivity index (χ0) is 23.9. The van der Waals surface area contributed by atoms with Gasteiger partial charge in [0.2, 0.25) is 6.41 Å². The predicted molar refractivity (Wildman–Crippen MR) is 135 cm³/mol. The maximum Gasteiger partial charge on any atom is 0.407 e. The standard InChI is InChI=1S/C26H29N3O3S/c1-15(13-27-25(31)32-26(4,5)6)18-7-9-19(10-8-18)21-16(2)28-17(3)23-22(21)20-11-12-33-24(20)29(23)14-30/h7-12,14-15H,13H2,1-6H3,(H,27,31). The molecule has 1 amide bonds. The van der Waals surface area contributed by atoms with E-state index in [1.165, 1.54) is 0 Å². The highest BCUT2D eigenvalue weighted by Gasteiger charge is 2.21. The van der Waals surface area contributed by atoms with Gasteiger partial charge in [0.25, 0.3) is 0 Å². The van der Waals surface area contributed by atoms with E-state index in [-0.39, 0.29) is 5.92 Å². The molecule has 1 unspecified atom stereocenters. The first-order valence-electron chi connectivity index (χ1n) is 11.0. The quantitative estimate of drug-likeness (QED) is 0.358. The lowest BCUT2D eigenvalue weighted by molar-refractivity contribution is 0.0525. The molecule has 1 atom stereocenters. The number of rotatable bonds is 5. The van der Waals surface area contributed by atoms with E-state index in [9.17, 15) is 9.59 Å². The summed E-state index contributed by atoms with van der Waals surface area (Å²) in [6.45, 7) is 12.1. The van der Waals surface area contributed by atoms with E-state index >= 15 is 0 Å². The second-order valence-electron chi connectivity index (χ2n) is 9.40. The van der Waals surface area contributed by atoms with Crippen molar-refractivity contribution < 1.29 is 14.3 Å². The zero-order valence-electron chi connectivity index (χ0n) is 19.9. The Morgan fingerprint density at radius 2 is 1.88 bits per heavy atom. The Hall–Kier alpha value is -3.19. The number of ether oxygens (including phenoxy) is 1. The first kappa shape index (κ1) is 23.0. The Bertz CT molecular complexity index is 1340. The lowest BCUT2D eigenvalue weighted by Gasteiger charge is -2.21. The fourth-order valence-electron chi connectivity index (χ4n) is 4.28. The number of hydrogen-bond acceptors (Lipinski definition) is 5. The van der Waals surface area contributed by atoms with Crippen LogP contribution in [0.3, 0.4) is 0 Å². The molecule has 0 saturated heterocycles. The van der Waals surface area contributed by atoms with E-state index in [1.54, 1.807) is 15.9 Å². The van der Waals surface area contributed by atoms with Crippen LogP contribution in [0.2, 0.25) is 0 Å². The second-order valence-corrected chi connectivity index (χ2v) is 10.3. The van der Waals surface area contributed by atoms with Gasteiger partial charge in [-0.1, -0.05) is 31.2 Å². The number of benzene rings is 1. The number of carbonyl (C=O) groups excluding carboxylic acids is 2. The Morgan fingerprint density at radius 3 is 2.52 bits per heavy atom. The van der Waals surface area contributed by atoms with Crippen LogP contribution in [-0.4, -0.2) is 34.2 Å². The van der Waals surface area contributed by atoms with E-state index in [0.717, 1.165) is 55.6 Å². The van der Waals surface area contributed by atoms with Crippen molar-refractivity contribution in [2.24, 2.45) is 0 Å². The average Bonchev–Trinajstić information content (AvgIpc) is 3.32. The molecule has 4 aromatic rings. The lowest BCUT2D eigenvalue weighted by atomic mass is 9.94. The van der Waals surface area contributed by atoms with Gasteiger partial charge in [0.15, 0.2) is 0 Å².